The number of rotatable bonds is 6. The first-order valence-electron chi connectivity index (χ1n) is 11.4. The highest BCUT2D eigenvalue weighted by Gasteiger charge is 2.12. The number of nitrogens with zero attached hydrogens (tertiary/aromatic N) is 4. The van der Waals surface area contributed by atoms with Gasteiger partial charge in [0.1, 0.15) is 12.1 Å². The Bertz CT molecular complexity index is 1020. The van der Waals surface area contributed by atoms with Gasteiger partial charge in [0, 0.05) is 38.4 Å². The number of aryl methyl sites for hydroxylation is 1. The summed E-state index contributed by atoms with van der Waals surface area (Å²) in [5.41, 5.74) is 4.20. The van der Waals surface area contributed by atoms with Crippen molar-refractivity contribution in [2.45, 2.75) is 45.7 Å². The predicted molar refractivity (Wildman–Crippen MR) is 129 cm³/mol. The van der Waals surface area contributed by atoms with E-state index in [1.54, 1.807) is 13.3 Å². The first kappa shape index (κ1) is 21.9. The van der Waals surface area contributed by atoms with Crippen molar-refractivity contribution in [1.82, 2.24) is 20.6 Å². The van der Waals surface area contributed by atoms with E-state index in [9.17, 15) is 0 Å². The van der Waals surface area contributed by atoms with Gasteiger partial charge >= 0.3 is 0 Å². The van der Waals surface area contributed by atoms with Gasteiger partial charge in [-0.2, -0.15) is 0 Å². The molecule has 4 rings (SSSR count). The van der Waals surface area contributed by atoms with Crippen LogP contribution in [0, 0.1) is 6.92 Å². The maximum absolute atomic E-state index is 5.64. The second kappa shape index (κ2) is 10.8. The second-order valence-corrected chi connectivity index (χ2v) is 8.21. The lowest BCUT2D eigenvalue weighted by Gasteiger charge is -2.22. The molecule has 1 fully saturated rings. The zero-order valence-electron chi connectivity index (χ0n) is 19.0. The quantitative estimate of drug-likeness (QED) is 0.447. The number of hydrogen-bond donors (Lipinski definition) is 2. The molecule has 0 spiro atoms. The van der Waals surface area contributed by atoms with E-state index in [0.717, 1.165) is 36.1 Å². The van der Waals surface area contributed by atoms with Gasteiger partial charge in [0.25, 0.3) is 0 Å². The van der Waals surface area contributed by atoms with Crippen LogP contribution in [0.4, 0.5) is 5.82 Å². The average molecular weight is 433 g/mol. The van der Waals surface area contributed by atoms with Gasteiger partial charge in [-0.25, -0.2) is 9.97 Å². The van der Waals surface area contributed by atoms with E-state index in [0.29, 0.717) is 19.0 Å². The molecular weight excluding hydrogens is 400 g/mol. The number of anilines is 1. The monoisotopic (exact) mass is 432 g/mol. The van der Waals surface area contributed by atoms with Gasteiger partial charge in [-0.15, -0.1) is 0 Å². The summed E-state index contributed by atoms with van der Waals surface area (Å²) >= 11 is 0. The molecule has 1 aliphatic heterocycles. The standard InChI is InChI=1S/C25H32N6O/c1-19-7-9-21(10-8-19)24-30-22(18-32-24)17-29-25(26-2)28-16-20-11-12-27-23(15-20)31-13-5-3-4-6-14-31/h7-12,15,18H,3-6,13-14,16-17H2,1-2H3,(H2,26,28,29). The predicted octanol–water partition coefficient (Wildman–Crippen LogP) is 4.29. The van der Waals surface area contributed by atoms with Crippen molar-refractivity contribution in [2.24, 2.45) is 4.99 Å². The molecule has 2 aromatic heterocycles. The third kappa shape index (κ3) is 5.87. The van der Waals surface area contributed by atoms with E-state index in [1.807, 2.05) is 24.4 Å². The van der Waals surface area contributed by atoms with Gasteiger partial charge in [-0.1, -0.05) is 30.5 Å². The molecule has 1 aromatic carbocycles. The number of oxazole rings is 1. The zero-order valence-corrected chi connectivity index (χ0v) is 19.0. The Morgan fingerprint density at radius 2 is 1.78 bits per heavy atom. The fraction of sp³-hybridized carbons (Fsp3) is 0.400. The lowest BCUT2D eigenvalue weighted by molar-refractivity contribution is 0.572. The fourth-order valence-corrected chi connectivity index (χ4v) is 3.84. The van der Waals surface area contributed by atoms with E-state index < -0.39 is 0 Å². The molecule has 0 unspecified atom stereocenters. The van der Waals surface area contributed by atoms with Gasteiger partial charge in [0.15, 0.2) is 5.96 Å². The van der Waals surface area contributed by atoms with Crippen LogP contribution in [-0.4, -0.2) is 36.1 Å². The summed E-state index contributed by atoms with van der Waals surface area (Å²) in [6.45, 7) is 5.46. The summed E-state index contributed by atoms with van der Waals surface area (Å²) in [5, 5.41) is 6.68. The van der Waals surface area contributed by atoms with Crippen molar-refractivity contribution in [3.63, 3.8) is 0 Å². The molecule has 2 N–H and O–H groups in total. The van der Waals surface area contributed by atoms with Crippen LogP contribution >= 0.6 is 0 Å². The largest absolute Gasteiger partial charge is 0.444 e. The third-order valence-electron chi connectivity index (χ3n) is 5.71. The summed E-state index contributed by atoms with van der Waals surface area (Å²) in [4.78, 5) is 15.9. The van der Waals surface area contributed by atoms with E-state index >= 15 is 0 Å². The van der Waals surface area contributed by atoms with E-state index in [1.165, 1.54) is 36.8 Å². The normalized spacial score (nSPS) is 14.8. The Kier molecular flexibility index (Phi) is 7.38. The van der Waals surface area contributed by atoms with Gasteiger partial charge in [0.2, 0.25) is 5.89 Å². The average Bonchev–Trinajstić information content (AvgIpc) is 3.12. The number of benzene rings is 1. The molecule has 0 amide bonds. The highest BCUT2D eigenvalue weighted by molar-refractivity contribution is 5.79. The smallest absolute Gasteiger partial charge is 0.226 e. The van der Waals surface area contributed by atoms with Crippen molar-refractivity contribution in [2.75, 3.05) is 25.0 Å². The number of aliphatic imine (C=N–C) groups is 1. The Balaban J connectivity index is 1.30. The van der Waals surface area contributed by atoms with Crippen molar-refractivity contribution < 1.29 is 4.42 Å². The number of pyridine rings is 1. The Morgan fingerprint density at radius 3 is 2.53 bits per heavy atom. The number of aromatic nitrogens is 2. The minimum absolute atomic E-state index is 0.532. The topological polar surface area (TPSA) is 78.6 Å². The molecule has 1 aliphatic rings. The minimum Gasteiger partial charge on any atom is -0.444 e. The van der Waals surface area contributed by atoms with Crippen LogP contribution in [0.25, 0.3) is 11.5 Å². The summed E-state index contributed by atoms with van der Waals surface area (Å²) in [6, 6.07) is 12.4. The number of nitrogens with one attached hydrogen (secondary N) is 2. The van der Waals surface area contributed by atoms with Crippen molar-refractivity contribution in [3.05, 3.63) is 65.7 Å². The van der Waals surface area contributed by atoms with Crippen molar-refractivity contribution >= 4 is 11.8 Å². The first-order chi connectivity index (χ1) is 15.7. The molecule has 7 nitrogen and oxygen atoms in total. The summed E-state index contributed by atoms with van der Waals surface area (Å²) in [7, 11) is 1.77. The first-order valence-corrected chi connectivity index (χ1v) is 11.4. The molecule has 7 heteroatoms. The van der Waals surface area contributed by atoms with E-state index in [-0.39, 0.29) is 0 Å². The Labute approximate surface area is 190 Å². The number of guanidine groups is 1. The molecule has 1 saturated heterocycles. The zero-order chi connectivity index (χ0) is 22.2. The Morgan fingerprint density at radius 1 is 1.03 bits per heavy atom. The summed E-state index contributed by atoms with van der Waals surface area (Å²) in [6.07, 6.45) is 8.71. The summed E-state index contributed by atoms with van der Waals surface area (Å²) < 4.78 is 5.64. The molecule has 0 bridgehead atoms. The van der Waals surface area contributed by atoms with Crippen LogP contribution in [0.1, 0.15) is 42.5 Å². The molecule has 0 aliphatic carbocycles. The highest BCUT2D eigenvalue weighted by Crippen LogP contribution is 2.19. The molecule has 168 valence electrons. The van der Waals surface area contributed by atoms with Crippen LogP contribution in [0.3, 0.4) is 0 Å². The van der Waals surface area contributed by atoms with Crippen LogP contribution in [0.5, 0.6) is 0 Å². The van der Waals surface area contributed by atoms with Gasteiger partial charge in [0.05, 0.1) is 12.2 Å². The SMILES string of the molecule is CN=C(NCc1ccnc(N2CCCCCC2)c1)NCc1coc(-c2ccc(C)cc2)n1. The van der Waals surface area contributed by atoms with Crippen LogP contribution in [0.15, 0.2) is 58.3 Å². The number of hydrogen-bond acceptors (Lipinski definition) is 5. The van der Waals surface area contributed by atoms with Crippen LogP contribution in [-0.2, 0) is 13.1 Å². The second-order valence-electron chi connectivity index (χ2n) is 8.21. The molecule has 0 atom stereocenters. The Hall–Kier alpha value is -3.35. The maximum Gasteiger partial charge on any atom is 0.226 e. The van der Waals surface area contributed by atoms with Crippen LogP contribution in [0.2, 0.25) is 0 Å². The van der Waals surface area contributed by atoms with Crippen molar-refractivity contribution in [1.29, 1.82) is 0 Å². The van der Waals surface area contributed by atoms with E-state index in [4.69, 9.17) is 4.42 Å². The molecule has 32 heavy (non-hydrogen) atoms. The maximum atomic E-state index is 5.64. The molecule has 0 saturated carbocycles. The lowest BCUT2D eigenvalue weighted by atomic mass is 10.1. The molecule has 3 aromatic rings. The minimum atomic E-state index is 0.532. The molecule has 0 radical (unpaired) electrons. The van der Waals surface area contributed by atoms with Gasteiger partial charge < -0.3 is 20.0 Å². The van der Waals surface area contributed by atoms with Gasteiger partial charge in [-0.3, -0.25) is 4.99 Å². The summed E-state index contributed by atoms with van der Waals surface area (Å²) in [5.74, 6) is 2.42. The highest BCUT2D eigenvalue weighted by atomic mass is 16.3. The van der Waals surface area contributed by atoms with Gasteiger partial charge in [-0.05, 0) is 49.6 Å². The van der Waals surface area contributed by atoms with Crippen LogP contribution < -0.4 is 15.5 Å². The fourth-order valence-electron chi connectivity index (χ4n) is 3.84. The van der Waals surface area contributed by atoms with E-state index in [2.05, 4.69) is 55.6 Å². The lowest BCUT2D eigenvalue weighted by Crippen LogP contribution is -2.36. The molecular formula is C25H32N6O. The molecule has 3 heterocycles. The third-order valence-corrected chi connectivity index (χ3v) is 5.71. The van der Waals surface area contributed by atoms with Crippen molar-refractivity contribution in [3.8, 4) is 11.5 Å².